The second-order valence-electron chi connectivity index (χ2n) is 4.88. The van der Waals surface area contributed by atoms with E-state index >= 15 is 0 Å². The summed E-state index contributed by atoms with van der Waals surface area (Å²) in [5.41, 5.74) is 2.51. The normalized spacial score (nSPS) is 12.1. The van der Waals surface area contributed by atoms with E-state index in [1.807, 2.05) is 36.7 Å². The van der Waals surface area contributed by atoms with Crippen LogP contribution in [0.1, 0.15) is 37.4 Å². The fraction of sp³-hybridized carbons (Fsp3) is 0.353. The zero-order valence-corrected chi connectivity index (χ0v) is 12.2. The molecule has 0 aliphatic rings. The summed E-state index contributed by atoms with van der Waals surface area (Å²) in [5.74, 6) is 0.942. The fourth-order valence-corrected chi connectivity index (χ4v) is 1.96. The van der Waals surface area contributed by atoms with Crippen molar-refractivity contribution in [3.8, 4) is 5.75 Å². The van der Waals surface area contributed by atoms with Gasteiger partial charge in [-0.2, -0.15) is 0 Å². The summed E-state index contributed by atoms with van der Waals surface area (Å²) in [4.78, 5) is 4.02. The molecule has 1 unspecified atom stereocenters. The minimum Gasteiger partial charge on any atom is -0.494 e. The minimum atomic E-state index is 0.309. The Morgan fingerprint density at radius 2 is 1.80 bits per heavy atom. The largest absolute Gasteiger partial charge is 0.494 e. The van der Waals surface area contributed by atoms with Crippen LogP contribution in [0.15, 0.2) is 48.8 Å². The van der Waals surface area contributed by atoms with E-state index < -0.39 is 0 Å². The van der Waals surface area contributed by atoms with Crippen LogP contribution in [-0.4, -0.2) is 11.6 Å². The van der Waals surface area contributed by atoms with Gasteiger partial charge in [-0.05, 0) is 48.7 Å². The Morgan fingerprint density at radius 1 is 1.10 bits per heavy atom. The van der Waals surface area contributed by atoms with Crippen molar-refractivity contribution in [3.05, 3.63) is 59.9 Å². The molecule has 0 radical (unpaired) electrons. The molecule has 2 rings (SSSR count). The molecule has 3 heteroatoms. The number of ether oxygens (including phenoxy) is 1. The molecule has 1 atom stereocenters. The summed E-state index contributed by atoms with van der Waals surface area (Å²) < 4.78 is 5.59. The molecule has 0 spiro atoms. The lowest BCUT2D eigenvalue weighted by atomic mass is 10.1. The molecule has 1 aromatic heterocycles. The van der Waals surface area contributed by atoms with Crippen LogP contribution in [0.25, 0.3) is 0 Å². The van der Waals surface area contributed by atoms with E-state index in [1.165, 1.54) is 11.1 Å². The van der Waals surface area contributed by atoms with Gasteiger partial charge < -0.3 is 10.1 Å². The molecule has 106 valence electrons. The quantitative estimate of drug-likeness (QED) is 0.832. The zero-order valence-electron chi connectivity index (χ0n) is 12.2. The van der Waals surface area contributed by atoms with Gasteiger partial charge in [0, 0.05) is 25.0 Å². The number of nitrogens with zero attached hydrogens (tertiary/aromatic N) is 1. The van der Waals surface area contributed by atoms with E-state index in [9.17, 15) is 0 Å². The number of hydrogen-bond donors (Lipinski definition) is 1. The predicted octanol–water partition coefficient (Wildman–Crippen LogP) is 3.72. The van der Waals surface area contributed by atoms with E-state index in [0.717, 1.165) is 25.3 Å². The Morgan fingerprint density at radius 3 is 2.45 bits per heavy atom. The molecule has 0 bridgehead atoms. The first-order valence-electron chi connectivity index (χ1n) is 7.14. The van der Waals surface area contributed by atoms with Crippen LogP contribution in [0.4, 0.5) is 0 Å². The standard InChI is InChI=1S/C17H22N2O/c1-3-12-20-17-6-4-16(5-7-17)14(2)19-13-15-8-10-18-11-9-15/h4-11,14,19H,3,12-13H2,1-2H3. The van der Waals surface area contributed by atoms with Crippen LogP contribution < -0.4 is 10.1 Å². The van der Waals surface area contributed by atoms with Crippen molar-refractivity contribution < 1.29 is 4.74 Å². The van der Waals surface area contributed by atoms with Gasteiger partial charge in [0.25, 0.3) is 0 Å². The van der Waals surface area contributed by atoms with Crippen molar-refractivity contribution in [1.29, 1.82) is 0 Å². The molecule has 0 amide bonds. The molecular formula is C17H22N2O. The lowest BCUT2D eigenvalue weighted by molar-refractivity contribution is 0.317. The first-order chi connectivity index (χ1) is 9.79. The molecule has 1 heterocycles. The van der Waals surface area contributed by atoms with Gasteiger partial charge in [0.05, 0.1) is 6.61 Å². The molecule has 0 saturated heterocycles. The third-order valence-electron chi connectivity index (χ3n) is 3.21. The third-order valence-corrected chi connectivity index (χ3v) is 3.21. The van der Waals surface area contributed by atoms with Crippen LogP contribution in [0.3, 0.4) is 0 Å². The maximum absolute atomic E-state index is 5.59. The smallest absolute Gasteiger partial charge is 0.119 e. The van der Waals surface area contributed by atoms with Gasteiger partial charge in [-0.3, -0.25) is 4.98 Å². The van der Waals surface area contributed by atoms with Gasteiger partial charge in [-0.25, -0.2) is 0 Å². The van der Waals surface area contributed by atoms with Crippen molar-refractivity contribution in [2.45, 2.75) is 32.9 Å². The van der Waals surface area contributed by atoms with Gasteiger partial charge in [-0.15, -0.1) is 0 Å². The zero-order chi connectivity index (χ0) is 14.2. The number of rotatable bonds is 7. The average Bonchev–Trinajstić information content (AvgIpc) is 2.52. The summed E-state index contributed by atoms with van der Waals surface area (Å²) in [6.07, 6.45) is 4.68. The SMILES string of the molecule is CCCOc1ccc(C(C)NCc2ccncc2)cc1. The summed E-state index contributed by atoms with van der Waals surface area (Å²) in [7, 11) is 0. The molecule has 20 heavy (non-hydrogen) atoms. The highest BCUT2D eigenvalue weighted by atomic mass is 16.5. The highest BCUT2D eigenvalue weighted by Crippen LogP contribution is 2.18. The summed E-state index contributed by atoms with van der Waals surface area (Å²) >= 11 is 0. The van der Waals surface area contributed by atoms with Gasteiger partial charge in [0.1, 0.15) is 5.75 Å². The Kier molecular flexibility index (Phi) is 5.56. The van der Waals surface area contributed by atoms with E-state index in [-0.39, 0.29) is 0 Å². The van der Waals surface area contributed by atoms with Crippen LogP contribution in [-0.2, 0) is 6.54 Å². The monoisotopic (exact) mass is 270 g/mol. The molecule has 0 saturated carbocycles. The van der Waals surface area contributed by atoms with Gasteiger partial charge in [0.2, 0.25) is 0 Å². The van der Waals surface area contributed by atoms with E-state index in [2.05, 4.69) is 36.3 Å². The van der Waals surface area contributed by atoms with E-state index in [1.54, 1.807) is 0 Å². The van der Waals surface area contributed by atoms with Crippen LogP contribution >= 0.6 is 0 Å². The third kappa shape index (κ3) is 4.35. The predicted molar refractivity (Wildman–Crippen MR) is 81.7 cm³/mol. The van der Waals surface area contributed by atoms with Gasteiger partial charge >= 0.3 is 0 Å². The summed E-state index contributed by atoms with van der Waals surface area (Å²) in [6, 6.07) is 12.7. The molecule has 0 fully saturated rings. The highest BCUT2D eigenvalue weighted by molar-refractivity contribution is 5.29. The minimum absolute atomic E-state index is 0.309. The first-order valence-corrected chi connectivity index (χ1v) is 7.14. The second kappa shape index (κ2) is 7.65. The van der Waals surface area contributed by atoms with Crippen molar-refractivity contribution in [1.82, 2.24) is 10.3 Å². The number of aromatic nitrogens is 1. The lowest BCUT2D eigenvalue weighted by Gasteiger charge is -2.15. The highest BCUT2D eigenvalue weighted by Gasteiger charge is 2.05. The van der Waals surface area contributed by atoms with Crippen molar-refractivity contribution in [3.63, 3.8) is 0 Å². The number of benzene rings is 1. The van der Waals surface area contributed by atoms with Crippen LogP contribution in [0.5, 0.6) is 5.75 Å². The molecular weight excluding hydrogens is 248 g/mol. The van der Waals surface area contributed by atoms with E-state index in [4.69, 9.17) is 4.74 Å². The maximum Gasteiger partial charge on any atom is 0.119 e. The Bertz CT molecular complexity index is 496. The molecule has 3 nitrogen and oxygen atoms in total. The van der Waals surface area contributed by atoms with Gasteiger partial charge in [-0.1, -0.05) is 19.1 Å². The lowest BCUT2D eigenvalue weighted by Crippen LogP contribution is -2.18. The van der Waals surface area contributed by atoms with Crippen LogP contribution in [0, 0.1) is 0 Å². The summed E-state index contributed by atoms with van der Waals surface area (Å²) in [6.45, 7) is 5.90. The number of nitrogens with one attached hydrogen (secondary N) is 1. The molecule has 2 aromatic rings. The van der Waals surface area contributed by atoms with Crippen molar-refractivity contribution in [2.75, 3.05) is 6.61 Å². The Labute approximate surface area is 121 Å². The molecule has 1 N–H and O–H groups in total. The number of hydrogen-bond acceptors (Lipinski definition) is 3. The van der Waals surface area contributed by atoms with Crippen LogP contribution in [0.2, 0.25) is 0 Å². The number of pyridine rings is 1. The topological polar surface area (TPSA) is 34.1 Å². The second-order valence-corrected chi connectivity index (χ2v) is 4.88. The molecule has 0 aliphatic carbocycles. The Balaban J connectivity index is 1.87. The van der Waals surface area contributed by atoms with Crippen molar-refractivity contribution >= 4 is 0 Å². The molecule has 1 aromatic carbocycles. The summed E-state index contributed by atoms with van der Waals surface area (Å²) in [5, 5.41) is 3.51. The van der Waals surface area contributed by atoms with Crippen molar-refractivity contribution in [2.24, 2.45) is 0 Å². The maximum atomic E-state index is 5.59. The molecule has 0 aliphatic heterocycles. The Hall–Kier alpha value is -1.87. The first kappa shape index (κ1) is 14.5. The fourth-order valence-electron chi connectivity index (χ4n) is 1.96. The van der Waals surface area contributed by atoms with E-state index in [0.29, 0.717) is 6.04 Å². The van der Waals surface area contributed by atoms with Gasteiger partial charge in [0.15, 0.2) is 0 Å². The average molecular weight is 270 g/mol.